The number of carbonyl (C=O) groups excluding carboxylic acids is 1. The van der Waals surface area contributed by atoms with Crippen LogP contribution in [0.4, 0.5) is 11.5 Å². The van der Waals surface area contributed by atoms with E-state index in [0.29, 0.717) is 30.8 Å². The summed E-state index contributed by atoms with van der Waals surface area (Å²) in [5.41, 5.74) is 0.650. The van der Waals surface area contributed by atoms with E-state index in [-0.39, 0.29) is 22.4 Å². The van der Waals surface area contributed by atoms with Gasteiger partial charge in [0.15, 0.2) is 0 Å². The average molecular weight is 294 g/mol. The molecule has 116 valence electrons. The SMILES string of the molecule is CCCc1nn(C)c(N(C)C2CCC(=O)CC2)c1[N+](=O)[O-]. The Morgan fingerprint density at radius 1 is 1.43 bits per heavy atom. The lowest BCUT2D eigenvalue weighted by Gasteiger charge is -2.31. The van der Waals surface area contributed by atoms with Gasteiger partial charge in [0.25, 0.3) is 0 Å². The van der Waals surface area contributed by atoms with Gasteiger partial charge in [-0.25, -0.2) is 4.68 Å². The van der Waals surface area contributed by atoms with Crippen LogP contribution in [0.2, 0.25) is 0 Å². The Kier molecular flexibility index (Phi) is 4.59. The van der Waals surface area contributed by atoms with Crippen molar-refractivity contribution in [3.63, 3.8) is 0 Å². The van der Waals surface area contributed by atoms with Gasteiger partial charge in [-0.05, 0) is 19.3 Å². The molecule has 1 aromatic rings. The largest absolute Gasteiger partial charge is 0.351 e. The van der Waals surface area contributed by atoms with Gasteiger partial charge in [-0.15, -0.1) is 0 Å². The van der Waals surface area contributed by atoms with Crippen LogP contribution < -0.4 is 4.90 Å². The van der Waals surface area contributed by atoms with Gasteiger partial charge in [0.1, 0.15) is 11.5 Å². The van der Waals surface area contributed by atoms with Crippen LogP contribution in [0.25, 0.3) is 0 Å². The van der Waals surface area contributed by atoms with E-state index < -0.39 is 0 Å². The highest BCUT2D eigenvalue weighted by molar-refractivity contribution is 5.79. The highest BCUT2D eigenvalue weighted by Gasteiger charge is 2.32. The van der Waals surface area contributed by atoms with E-state index in [4.69, 9.17) is 0 Å². The molecule has 0 radical (unpaired) electrons. The number of anilines is 1. The normalized spacial score (nSPS) is 16.2. The number of nitro groups is 1. The van der Waals surface area contributed by atoms with Crippen molar-refractivity contribution in [2.24, 2.45) is 7.05 Å². The smallest absolute Gasteiger partial charge is 0.334 e. The number of hydrogen-bond acceptors (Lipinski definition) is 5. The highest BCUT2D eigenvalue weighted by Crippen LogP contribution is 2.34. The fourth-order valence-electron chi connectivity index (χ4n) is 3.03. The number of aryl methyl sites for hydroxylation is 2. The number of nitrogens with zero attached hydrogens (tertiary/aromatic N) is 4. The Bertz CT molecular complexity index is 543. The lowest BCUT2D eigenvalue weighted by Crippen LogP contribution is -2.36. The van der Waals surface area contributed by atoms with Gasteiger partial charge < -0.3 is 4.90 Å². The number of carbonyl (C=O) groups is 1. The van der Waals surface area contributed by atoms with Crippen LogP contribution in [0.5, 0.6) is 0 Å². The first-order valence-electron chi connectivity index (χ1n) is 7.40. The molecule has 7 nitrogen and oxygen atoms in total. The van der Waals surface area contributed by atoms with Crippen LogP contribution >= 0.6 is 0 Å². The summed E-state index contributed by atoms with van der Waals surface area (Å²) in [5, 5.41) is 15.8. The third-order valence-corrected chi connectivity index (χ3v) is 4.13. The molecule has 1 aliphatic rings. The Balaban J connectivity index is 2.33. The molecule has 0 bridgehead atoms. The Morgan fingerprint density at radius 3 is 2.57 bits per heavy atom. The van der Waals surface area contributed by atoms with Gasteiger partial charge in [-0.3, -0.25) is 14.9 Å². The van der Waals surface area contributed by atoms with Gasteiger partial charge >= 0.3 is 5.69 Å². The molecule has 1 saturated carbocycles. The van der Waals surface area contributed by atoms with Crippen molar-refractivity contribution in [3.05, 3.63) is 15.8 Å². The zero-order valence-corrected chi connectivity index (χ0v) is 12.8. The standard InChI is InChI=1S/C14H22N4O3/c1-4-5-12-13(18(20)21)14(17(3)15-12)16(2)10-6-8-11(19)9-7-10/h10H,4-9H2,1-3H3. The molecular weight excluding hydrogens is 272 g/mol. The van der Waals surface area contributed by atoms with Crippen molar-refractivity contribution in [1.29, 1.82) is 0 Å². The minimum Gasteiger partial charge on any atom is -0.351 e. The van der Waals surface area contributed by atoms with Crippen molar-refractivity contribution in [3.8, 4) is 0 Å². The molecule has 0 spiro atoms. The van der Waals surface area contributed by atoms with Crippen LogP contribution in [0.3, 0.4) is 0 Å². The van der Waals surface area contributed by atoms with Crippen molar-refractivity contribution in [2.45, 2.75) is 51.5 Å². The predicted octanol–water partition coefficient (Wildman–Crippen LogP) is 2.23. The van der Waals surface area contributed by atoms with Crippen LogP contribution in [-0.4, -0.2) is 33.6 Å². The molecule has 2 rings (SSSR count). The van der Waals surface area contributed by atoms with Crippen LogP contribution in [0.1, 0.15) is 44.7 Å². The molecule has 1 aliphatic carbocycles. The van der Waals surface area contributed by atoms with Crippen LogP contribution in [-0.2, 0) is 18.3 Å². The molecule has 0 atom stereocenters. The van der Waals surface area contributed by atoms with Gasteiger partial charge in [0.05, 0.1) is 4.92 Å². The minimum atomic E-state index is -0.336. The minimum absolute atomic E-state index is 0.110. The summed E-state index contributed by atoms with van der Waals surface area (Å²) in [6.45, 7) is 1.98. The summed E-state index contributed by atoms with van der Waals surface area (Å²) in [5.74, 6) is 0.827. The number of aromatic nitrogens is 2. The van der Waals surface area contributed by atoms with E-state index in [1.807, 2.05) is 18.9 Å². The first-order valence-corrected chi connectivity index (χ1v) is 7.40. The molecule has 1 aromatic heterocycles. The first-order chi connectivity index (χ1) is 9.95. The quantitative estimate of drug-likeness (QED) is 0.614. The third kappa shape index (κ3) is 3.06. The maximum atomic E-state index is 11.4. The topological polar surface area (TPSA) is 81.3 Å². The molecule has 0 N–H and O–H groups in total. The summed E-state index contributed by atoms with van der Waals surface area (Å²) in [6, 6.07) is 0.159. The van der Waals surface area contributed by atoms with Gasteiger partial charge in [-0.1, -0.05) is 13.3 Å². The maximum absolute atomic E-state index is 11.4. The van der Waals surface area contributed by atoms with Crippen molar-refractivity contribution in [2.75, 3.05) is 11.9 Å². The van der Waals surface area contributed by atoms with Crippen molar-refractivity contribution < 1.29 is 9.72 Å². The number of Topliss-reactive ketones (excluding diaryl/α,β-unsaturated/α-hetero) is 1. The van der Waals surface area contributed by atoms with Crippen LogP contribution in [0, 0.1) is 10.1 Å². The van der Waals surface area contributed by atoms with Gasteiger partial charge in [0, 0.05) is 33.0 Å². The number of ketones is 1. The molecule has 0 unspecified atom stereocenters. The highest BCUT2D eigenvalue weighted by atomic mass is 16.6. The van der Waals surface area contributed by atoms with E-state index in [2.05, 4.69) is 5.10 Å². The monoisotopic (exact) mass is 294 g/mol. The van der Waals surface area contributed by atoms with Crippen molar-refractivity contribution in [1.82, 2.24) is 9.78 Å². The summed E-state index contributed by atoms with van der Waals surface area (Å²) in [4.78, 5) is 24.4. The molecule has 0 amide bonds. The van der Waals surface area contributed by atoms with Gasteiger partial charge in [-0.2, -0.15) is 5.10 Å². The molecule has 21 heavy (non-hydrogen) atoms. The van der Waals surface area contributed by atoms with E-state index in [0.717, 1.165) is 19.3 Å². The molecule has 7 heteroatoms. The fraction of sp³-hybridized carbons (Fsp3) is 0.714. The zero-order chi connectivity index (χ0) is 15.6. The molecule has 0 aromatic carbocycles. The summed E-state index contributed by atoms with van der Waals surface area (Å²) in [6.07, 6.45) is 4.03. The van der Waals surface area contributed by atoms with Crippen molar-refractivity contribution >= 4 is 17.3 Å². The van der Waals surface area contributed by atoms with E-state index in [1.165, 1.54) is 0 Å². The second-order valence-electron chi connectivity index (χ2n) is 5.63. The number of hydrogen-bond donors (Lipinski definition) is 0. The second-order valence-corrected chi connectivity index (χ2v) is 5.63. The summed E-state index contributed by atoms with van der Waals surface area (Å²) < 4.78 is 1.60. The zero-order valence-electron chi connectivity index (χ0n) is 12.8. The molecule has 0 aliphatic heterocycles. The lowest BCUT2D eigenvalue weighted by atomic mass is 9.93. The molecule has 1 fully saturated rings. The summed E-state index contributed by atoms with van der Waals surface area (Å²) in [7, 11) is 3.60. The second kappa shape index (κ2) is 6.24. The first kappa shape index (κ1) is 15.5. The lowest BCUT2D eigenvalue weighted by molar-refractivity contribution is -0.384. The van der Waals surface area contributed by atoms with E-state index >= 15 is 0 Å². The van der Waals surface area contributed by atoms with Gasteiger partial charge in [0.2, 0.25) is 5.82 Å². The Morgan fingerprint density at radius 2 is 2.05 bits per heavy atom. The van der Waals surface area contributed by atoms with Crippen LogP contribution in [0.15, 0.2) is 0 Å². The predicted molar refractivity (Wildman–Crippen MR) is 79.5 cm³/mol. The van der Waals surface area contributed by atoms with E-state index in [9.17, 15) is 14.9 Å². The fourth-order valence-corrected chi connectivity index (χ4v) is 3.03. The summed E-state index contributed by atoms with van der Waals surface area (Å²) >= 11 is 0. The van der Waals surface area contributed by atoms with E-state index in [1.54, 1.807) is 11.7 Å². The third-order valence-electron chi connectivity index (χ3n) is 4.13. The Hall–Kier alpha value is -1.92. The number of rotatable bonds is 5. The average Bonchev–Trinajstić information content (AvgIpc) is 2.76. The Labute approximate surface area is 124 Å². The maximum Gasteiger partial charge on any atom is 0.334 e. The molecule has 0 saturated heterocycles. The molecular formula is C14H22N4O3. The molecule has 1 heterocycles.